The Bertz CT molecular complexity index is 1460. The van der Waals surface area contributed by atoms with E-state index in [1.54, 1.807) is 0 Å². The Morgan fingerprint density at radius 1 is 0.308 bits per heavy atom. The normalized spacial score (nSPS) is 12.8. The van der Waals surface area contributed by atoms with Crippen LogP contribution >= 0.6 is 0 Å². The predicted molar refractivity (Wildman–Crippen MR) is 343 cm³/mol. The second-order valence-electron chi connectivity index (χ2n) is 22.5. The molecule has 5 nitrogen and oxygen atoms in total. The summed E-state index contributed by atoms with van der Waals surface area (Å²) in [6, 6.07) is 0. The lowest BCUT2D eigenvalue weighted by molar-refractivity contribution is -0.161. The van der Waals surface area contributed by atoms with Gasteiger partial charge in [-0.05, 0) is 96.3 Å². The van der Waals surface area contributed by atoms with Crippen LogP contribution in [0.15, 0.2) is 97.2 Å². The summed E-state index contributed by atoms with van der Waals surface area (Å²) >= 11 is 0. The summed E-state index contributed by atoms with van der Waals surface area (Å²) in [4.78, 5) is 24.6. The van der Waals surface area contributed by atoms with Gasteiger partial charge in [-0.2, -0.15) is 0 Å². The summed E-state index contributed by atoms with van der Waals surface area (Å²) in [5.74, 6) is -0.579. The van der Waals surface area contributed by atoms with Crippen molar-refractivity contribution in [3.05, 3.63) is 97.2 Å². The number of hydrogen-bond acceptors (Lipinski definition) is 5. The second-order valence-corrected chi connectivity index (χ2v) is 22.5. The lowest BCUT2D eigenvalue weighted by Gasteiger charge is -2.15. The van der Waals surface area contributed by atoms with E-state index in [1.807, 2.05) is 0 Å². The molecule has 0 aromatic rings. The van der Waals surface area contributed by atoms with Gasteiger partial charge in [-0.3, -0.25) is 9.59 Å². The van der Waals surface area contributed by atoms with Crippen molar-refractivity contribution in [1.29, 1.82) is 0 Å². The monoisotopic (exact) mass is 1080 g/mol. The van der Waals surface area contributed by atoms with Gasteiger partial charge in [0.2, 0.25) is 0 Å². The number of aliphatic hydroxyl groups excluding tert-OH is 1. The Hall–Kier alpha value is -3.18. The number of carbonyl (C=O) groups excluding carboxylic acids is 2. The topological polar surface area (TPSA) is 72.8 Å². The highest BCUT2D eigenvalue weighted by molar-refractivity contribution is 5.70. The average Bonchev–Trinajstić information content (AvgIpc) is 3.44. The van der Waals surface area contributed by atoms with Crippen LogP contribution in [-0.2, 0) is 19.1 Å². The molecule has 0 saturated heterocycles. The summed E-state index contributed by atoms with van der Waals surface area (Å²) in [7, 11) is 0. The molecule has 0 saturated carbocycles. The van der Waals surface area contributed by atoms with E-state index in [9.17, 15) is 14.7 Å². The Morgan fingerprint density at radius 2 is 0.551 bits per heavy atom. The Labute approximate surface area is 485 Å². The highest BCUT2D eigenvalue weighted by atomic mass is 16.6. The fraction of sp³-hybridized carbons (Fsp3) is 0.753. The summed E-state index contributed by atoms with van der Waals surface area (Å²) in [6.45, 7) is 4.05. The molecule has 78 heavy (non-hydrogen) atoms. The zero-order valence-electron chi connectivity index (χ0n) is 51.7. The first-order valence-electron chi connectivity index (χ1n) is 33.8. The van der Waals surface area contributed by atoms with Gasteiger partial charge in [0.25, 0.3) is 0 Å². The van der Waals surface area contributed by atoms with Crippen LogP contribution in [0.3, 0.4) is 0 Å². The fourth-order valence-corrected chi connectivity index (χ4v) is 9.83. The molecule has 1 atom stereocenters. The minimum Gasteiger partial charge on any atom is -0.462 e. The third-order valence-corrected chi connectivity index (χ3v) is 14.9. The highest BCUT2D eigenvalue weighted by Gasteiger charge is 2.16. The van der Waals surface area contributed by atoms with Gasteiger partial charge in [-0.1, -0.05) is 323 Å². The third kappa shape index (κ3) is 65.3. The molecule has 0 amide bonds. The van der Waals surface area contributed by atoms with E-state index in [-0.39, 0.29) is 25.2 Å². The lowest BCUT2D eigenvalue weighted by Crippen LogP contribution is -2.28. The molecule has 0 radical (unpaired) electrons. The first-order chi connectivity index (χ1) is 38.6. The third-order valence-electron chi connectivity index (χ3n) is 14.9. The van der Waals surface area contributed by atoms with Crippen LogP contribution in [0, 0.1) is 0 Å². The van der Waals surface area contributed by atoms with Crippen molar-refractivity contribution in [2.24, 2.45) is 0 Å². The largest absolute Gasteiger partial charge is 0.462 e. The summed E-state index contributed by atoms with van der Waals surface area (Å²) in [5.41, 5.74) is 0. The van der Waals surface area contributed by atoms with E-state index < -0.39 is 6.10 Å². The molecule has 1 unspecified atom stereocenters. The standard InChI is InChI=1S/C73H128O5/c1-3-5-7-9-11-13-15-17-19-21-23-25-27-29-31-33-35-36-38-40-42-44-46-48-50-52-54-56-58-60-62-64-66-68-73(76)78-71(69-74)70-77-72(75)67-65-63-61-59-57-55-53-51-49-47-45-43-41-39-37-34-32-30-28-26-24-22-20-18-16-14-12-10-8-6-4-2/h5,7,11,13,16-19,22-25,29,31,35-36,71,74H,3-4,6,8-10,12,14-15,20-21,26-28,30,32-34,37-70H2,1-2H3/b7-5-,13-11-,18-16-,19-17-,24-22-,25-23-,31-29-,36-35-. The van der Waals surface area contributed by atoms with Crippen molar-refractivity contribution in [3.8, 4) is 0 Å². The molecule has 0 bridgehead atoms. The maximum atomic E-state index is 12.4. The zero-order chi connectivity index (χ0) is 56.2. The molecule has 0 fully saturated rings. The first kappa shape index (κ1) is 74.8. The molecular weight excluding hydrogens is 957 g/mol. The van der Waals surface area contributed by atoms with E-state index in [1.165, 1.54) is 225 Å². The quantitative estimate of drug-likeness (QED) is 0.0373. The Balaban J connectivity index is 3.45. The van der Waals surface area contributed by atoms with Crippen LogP contribution in [-0.4, -0.2) is 36.4 Å². The van der Waals surface area contributed by atoms with Crippen molar-refractivity contribution in [2.45, 2.75) is 341 Å². The van der Waals surface area contributed by atoms with E-state index >= 15 is 0 Å². The highest BCUT2D eigenvalue weighted by Crippen LogP contribution is 2.18. The fourth-order valence-electron chi connectivity index (χ4n) is 9.83. The molecule has 0 aliphatic heterocycles. The van der Waals surface area contributed by atoms with Crippen LogP contribution in [0.1, 0.15) is 335 Å². The van der Waals surface area contributed by atoms with Crippen LogP contribution in [0.4, 0.5) is 0 Å². The van der Waals surface area contributed by atoms with Crippen LogP contribution in [0.2, 0.25) is 0 Å². The molecule has 0 aliphatic rings. The maximum absolute atomic E-state index is 12.4. The number of ether oxygens (including phenoxy) is 2. The van der Waals surface area contributed by atoms with Crippen LogP contribution < -0.4 is 0 Å². The van der Waals surface area contributed by atoms with Crippen LogP contribution in [0.25, 0.3) is 0 Å². The summed E-state index contributed by atoms with van der Waals surface area (Å²) < 4.78 is 10.8. The maximum Gasteiger partial charge on any atom is 0.306 e. The number of unbranched alkanes of at least 4 members (excludes halogenated alkanes) is 38. The minimum atomic E-state index is -0.777. The van der Waals surface area contributed by atoms with Gasteiger partial charge in [0, 0.05) is 12.8 Å². The Morgan fingerprint density at radius 3 is 0.833 bits per heavy atom. The number of allylic oxidation sites excluding steroid dienone is 16. The minimum absolute atomic E-state index is 0.0659. The molecule has 0 aromatic carbocycles. The first-order valence-corrected chi connectivity index (χ1v) is 33.8. The van der Waals surface area contributed by atoms with Gasteiger partial charge in [0.1, 0.15) is 6.61 Å². The van der Waals surface area contributed by atoms with E-state index in [4.69, 9.17) is 9.47 Å². The SMILES string of the molecule is CC/C=C\C/C=C\C/C=C\C/C=C\C/C=C\C/C=C\CCCCCCCCCCCCCCCCC(=O)OC(CO)COC(=O)CCCCCCCCCCCCCCCCCCCCC/C=C\C/C=C\CCCCCCC. The van der Waals surface area contributed by atoms with Gasteiger partial charge in [-0.15, -0.1) is 0 Å². The average molecular weight is 1090 g/mol. The predicted octanol–water partition coefficient (Wildman–Crippen LogP) is 23.4. The van der Waals surface area contributed by atoms with E-state index in [2.05, 4.69) is 111 Å². The number of carbonyl (C=O) groups is 2. The van der Waals surface area contributed by atoms with Gasteiger partial charge < -0.3 is 14.6 Å². The van der Waals surface area contributed by atoms with Crippen molar-refractivity contribution in [1.82, 2.24) is 0 Å². The van der Waals surface area contributed by atoms with Crippen molar-refractivity contribution in [2.75, 3.05) is 13.2 Å². The van der Waals surface area contributed by atoms with Crippen molar-refractivity contribution >= 4 is 11.9 Å². The van der Waals surface area contributed by atoms with Crippen LogP contribution in [0.5, 0.6) is 0 Å². The smallest absolute Gasteiger partial charge is 0.306 e. The molecule has 0 aliphatic carbocycles. The van der Waals surface area contributed by atoms with E-state index in [0.29, 0.717) is 12.8 Å². The molecule has 1 N–H and O–H groups in total. The number of esters is 2. The molecule has 0 spiro atoms. The number of hydrogen-bond donors (Lipinski definition) is 1. The molecule has 5 heteroatoms. The zero-order valence-corrected chi connectivity index (χ0v) is 51.7. The molecule has 0 aromatic heterocycles. The van der Waals surface area contributed by atoms with Gasteiger partial charge in [-0.25, -0.2) is 0 Å². The van der Waals surface area contributed by atoms with Gasteiger partial charge in [0.05, 0.1) is 6.61 Å². The van der Waals surface area contributed by atoms with Crippen molar-refractivity contribution < 1.29 is 24.2 Å². The second kappa shape index (κ2) is 68.1. The van der Waals surface area contributed by atoms with E-state index in [0.717, 1.165) is 83.5 Å². The molecule has 0 heterocycles. The number of rotatable bonds is 62. The lowest BCUT2D eigenvalue weighted by atomic mass is 10.0. The molecular formula is C73H128O5. The summed E-state index contributed by atoms with van der Waals surface area (Å²) in [5, 5.41) is 9.70. The van der Waals surface area contributed by atoms with Gasteiger partial charge in [0.15, 0.2) is 6.10 Å². The molecule has 450 valence electrons. The van der Waals surface area contributed by atoms with Gasteiger partial charge >= 0.3 is 11.9 Å². The Kier molecular flexibility index (Phi) is 65.3. The summed E-state index contributed by atoms with van der Waals surface area (Å²) in [6.07, 6.45) is 97.1. The number of aliphatic hydroxyl groups is 1. The molecule has 0 rings (SSSR count). The van der Waals surface area contributed by atoms with Crippen molar-refractivity contribution in [3.63, 3.8) is 0 Å².